The van der Waals surface area contributed by atoms with Crippen LogP contribution in [-0.2, 0) is 0 Å². The van der Waals surface area contributed by atoms with E-state index in [1.165, 1.54) is 0 Å². The standard InChI is InChI=1S/C6H16BNO/c1-4(3-8)6(7)5(2)9/h4-6,9H,3,7-8H2,1-2H3. The fourth-order valence-corrected chi connectivity index (χ4v) is 0.690. The van der Waals surface area contributed by atoms with Gasteiger partial charge in [0.1, 0.15) is 7.85 Å². The van der Waals surface area contributed by atoms with E-state index in [0.717, 1.165) is 0 Å². The molecule has 0 saturated heterocycles. The Balaban J connectivity index is 3.58. The molecule has 3 unspecified atom stereocenters. The van der Waals surface area contributed by atoms with E-state index in [1.807, 2.05) is 7.85 Å². The van der Waals surface area contributed by atoms with Gasteiger partial charge in [-0.25, -0.2) is 0 Å². The minimum atomic E-state index is -0.233. The van der Waals surface area contributed by atoms with Gasteiger partial charge in [-0.2, -0.15) is 0 Å². The van der Waals surface area contributed by atoms with Crippen LogP contribution in [0.15, 0.2) is 0 Å². The van der Waals surface area contributed by atoms with Crippen LogP contribution in [0.3, 0.4) is 0 Å². The third-order valence-electron chi connectivity index (χ3n) is 2.03. The maximum Gasteiger partial charge on any atom is 0.109 e. The molecule has 0 saturated carbocycles. The van der Waals surface area contributed by atoms with E-state index in [4.69, 9.17) is 10.8 Å². The predicted octanol–water partition coefficient (Wildman–Crippen LogP) is -0.616. The Morgan fingerprint density at radius 1 is 1.56 bits per heavy atom. The van der Waals surface area contributed by atoms with Crippen molar-refractivity contribution < 1.29 is 5.11 Å². The summed E-state index contributed by atoms with van der Waals surface area (Å²) in [6.07, 6.45) is -0.233. The molecule has 0 fully saturated rings. The van der Waals surface area contributed by atoms with Crippen LogP contribution < -0.4 is 5.73 Å². The van der Waals surface area contributed by atoms with E-state index in [2.05, 4.69) is 6.92 Å². The Hall–Kier alpha value is -0.0151. The molecule has 0 aromatic heterocycles. The van der Waals surface area contributed by atoms with Gasteiger partial charge >= 0.3 is 0 Å². The molecule has 0 aliphatic carbocycles. The smallest absolute Gasteiger partial charge is 0.109 e. The molecule has 9 heavy (non-hydrogen) atoms. The van der Waals surface area contributed by atoms with Gasteiger partial charge in [0, 0.05) is 6.10 Å². The highest BCUT2D eigenvalue weighted by Gasteiger charge is 2.14. The molecule has 3 heteroatoms. The molecule has 0 bridgehead atoms. The SMILES string of the molecule is BC(C(C)O)C(C)CN. The molecule has 3 atom stereocenters. The fraction of sp³-hybridized carbons (Fsp3) is 1.00. The maximum absolute atomic E-state index is 9.07. The first-order valence-electron chi connectivity index (χ1n) is 3.47. The van der Waals surface area contributed by atoms with E-state index in [-0.39, 0.29) is 6.10 Å². The highest BCUT2D eigenvalue weighted by atomic mass is 16.3. The van der Waals surface area contributed by atoms with Crippen molar-refractivity contribution in [2.75, 3.05) is 6.54 Å². The van der Waals surface area contributed by atoms with Crippen molar-refractivity contribution in [1.82, 2.24) is 0 Å². The number of hydrogen-bond acceptors (Lipinski definition) is 2. The molecule has 0 aromatic carbocycles. The molecule has 0 aliphatic heterocycles. The lowest BCUT2D eigenvalue weighted by Gasteiger charge is -2.20. The normalized spacial score (nSPS) is 20.9. The molecule has 0 radical (unpaired) electrons. The van der Waals surface area contributed by atoms with Gasteiger partial charge in [-0.1, -0.05) is 6.92 Å². The predicted molar refractivity (Wildman–Crippen MR) is 42.2 cm³/mol. The molecule has 0 aromatic rings. The van der Waals surface area contributed by atoms with Crippen molar-refractivity contribution in [2.24, 2.45) is 11.7 Å². The summed E-state index contributed by atoms with van der Waals surface area (Å²) in [4.78, 5) is 0. The first-order valence-corrected chi connectivity index (χ1v) is 3.47. The molecular weight excluding hydrogens is 113 g/mol. The van der Waals surface area contributed by atoms with Gasteiger partial charge in [0.15, 0.2) is 0 Å². The molecule has 0 rings (SSSR count). The van der Waals surface area contributed by atoms with Gasteiger partial charge in [0.2, 0.25) is 0 Å². The lowest BCUT2D eigenvalue weighted by molar-refractivity contribution is 0.166. The highest BCUT2D eigenvalue weighted by molar-refractivity contribution is 6.12. The third kappa shape index (κ3) is 2.87. The third-order valence-corrected chi connectivity index (χ3v) is 2.03. The zero-order valence-corrected chi connectivity index (χ0v) is 6.46. The minimum absolute atomic E-state index is 0.233. The molecule has 0 heterocycles. The van der Waals surface area contributed by atoms with Crippen molar-refractivity contribution in [1.29, 1.82) is 0 Å². The molecular formula is C6H16BNO. The van der Waals surface area contributed by atoms with Gasteiger partial charge in [0.25, 0.3) is 0 Å². The van der Waals surface area contributed by atoms with Crippen LogP contribution in [0.5, 0.6) is 0 Å². The van der Waals surface area contributed by atoms with E-state index in [0.29, 0.717) is 18.3 Å². The zero-order valence-electron chi connectivity index (χ0n) is 6.46. The largest absolute Gasteiger partial charge is 0.394 e. The average molecular weight is 129 g/mol. The monoisotopic (exact) mass is 129 g/mol. The molecule has 54 valence electrons. The highest BCUT2D eigenvalue weighted by Crippen LogP contribution is 2.16. The molecule has 0 amide bonds. The summed E-state index contributed by atoms with van der Waals surface area (Å²) in [5.41, 5.74) is 5.40. The number of aliphatic hydroxyl groups excluding tert-OH is 1. The van der Waals surface area contributed by atoms with E-state index < -0.39 is 0 Å². The summed E-state index contributed by atoms with van der Waals surface area (Å²) >= 11 is 0. The van der Waals surface area contributed by atoms with Crippen molar-refractivity contribution in [3.63, 3.8) is 0 Å². The molecule has 2 nitrogen and oxygen atoms in total. The van der Waals surface area contributed by atoms with Crippen molar-refractivity contribution in [3.05, 3.63) is 0 Å². The molecule has 0 spiro atoms. The van der Waals surface area contributed by atoms with Gasteiger partial charge in [0.05, 0.1) is 0 Å². The molecule has 0 aliphatic rings. The second-order valence-corrected chi connectivity index (χ2v) is 2.81. The average Bonchev–Trinajstić information content (AvgIpc) is 1.84. The molecule has 3 N–H and O–H groups in total. The first-order chi connectivity index (χ1) is 4.09. The lowest BCUT2D eigenvalue weighted by Crippen LogP contribution is -2.24. The van der Waals surface area contributed by atoms with E-state index in [9.17, 15) is 0 Å². The minimum Gasteiger partial charge on any atom is -0.394 e. The van der Waals surface area contributed by atoms with E-state index >= 15 is 0 Å². The Bertz CT molecular complexity index is 77.5. The van der Waals surface area contributed by atoms with Gasteiger partial charge in [-0.3, -0.25) is 0 Å². The van der Waals surface area contributed by atoms with Crippen molar-refractivity contribution in [3.8, 4) is 0 Å². The Labute approximate surface area is 57.8 Å². The second kappa shape index (κ2) is 3.91. The summed E-state index contributed by atoms with van der Waals surface area (Å²) in [5, 5.41) is 9.07. The fourth-order valence-electron chi connectivity index (χ4n) is 0.690. The quantitative estimate of drug-likeness (QED) is 0.499. The van der Waals surface area contributed by atoms with Gasteiger partial charge in [-0.05, 0) is 25.2 Å². The van der Waals surface area contributed by atoms with Gasteiger partial charge < -0.3 is 10.8 Å². The summed E-state index contributed by atoms with van der Waals surface area (Å²) in [6, 6.07) is 0. The van der Waals surface area contributed by atoms with Gasteiger partial charge in [-0.15, -0.1) is 0 Å². The Kier molecular flexibility index (Phi) is 3.90. The Morgan fingerprint density at radius 2 is 2.00 bits per heavy atom. The van der Waals surface area contributed by atoms with Crippen LogP contribution in [0.25, 0.3) is 0 Å². The summed E-state index contributed by atoms with van der Waals surface area (Å²) in [7, 11) is 2.02. The summed E-state index contributed by atoms with van der Waals surface area (Å²) in [5.74, 6) is 0.736. The Morgan fingerprint density at radius 3 is 2.11 bits per heavy atom. The maximum atomic E-state index is 9.07. The number of nitrogens with two attached hydrogens (primary N) is 1. The van der Waals surface area contributed by atoms with Crippen LogP contribution in [0.4, 0.5) is 0 Å². The van der Waals surface area contributed by atoms with Crippen LogP contribution in [0, 0.1) is 5.92 Å². The van der Waals surface area contributed by atoms with Crippen LogP contribution >= 0.6 is 0 Å². The zero-order chi connectivity index (χ0) is 7.44. The lowest BCUT2D eigenvalue weighted by atomic mass is 9.74. The first kappa shape index (κ1) is 8.98. The van der Waals surface area contributed by atoms with Crippen LogP contribution in [0.2, 0.25) is 5.82 Å². The number of rotatable bonds is 3. The summed E-state index contributed by atoms with van der Waals surface area (Å²) in [6.45, 7) is 4.51. The summed E-state index contributed by atoms with van der Waals surface area (Å²) < 4.78 is 0. The topological polar surface area (TPSA) is 46.2 Å². The van der Waals surface area contributed by atoms with Crippen LogP contribution in [-0.4, -0.2) is 25.6 Å². The van der Waals surface area contributed by atoms with Crippen molar-refractivity contribution in [2.45, 2.75) is 25.8 Å². The second-order valence-electron chi connectivity index (χ2n) is 2.81. The number of hydrogen-bond donors (Lipinski definition) is 2. The van der Waals surface area contributed by atoms with Crippen LogP contribution in [0.1, 0.15) is 13.8 Å². The van der Waals surface area contributed by atoms with Crippen molar-refractivity contribution >= 4 is 7.85 Å². The number of aliphatic hydroxyl groups is 1. The van der Waals surface area contributed by atoms with E-state index in [1.54, 1.807) is 6.92 Å².